The first kappa shape index (κ1) is 11.1. The van der Waals surface area contributed by atoms with Crippen molar-refractivity contribution in [1.82, 2.24) is 0 Å². The summed E-state index contributed by atoms with van der Waals surface area (Å²) >= 11 is 0. The van der Waals surface area contributed by atoms with E-state index in [9.17, 15) is 9.59 Å². The van der Waals surface area contributed by atoms with E-state index < -0.39 is 0 Å². The number of Topliss-reactive ketones (excluding diaryl/α,β-unsaturated/α-hetero) is 1. The lowest BCUT2D eigenvalue weighted by atomic mass is 9.80. The van der Waals surface area contributed by atoms with Crippen molar-refractivity contribution in [2.75, 3.05) is 0 Å². The normalized spacial score (nSPS) is 26.1. The second kappa shape index (κ2) is 4.20. The summed E-state index contributed by atoms with van der Waals surface area (Å²) in [4.78, 5) is 23.8. The molecule has 0 aromatic rings. The quantitative estimate of drug-likeness (QED) is 0.499. The third kappa shape index (κ3) is 1.80. The largest absolute Gasteiger partial charge is 0.290 e. The van der Waals surface area contributed by atoms with Crippen molar-refractivity contribution in [2.24, 2.45) is 5.92 Å². The minimum Gasteiger partial charge on any atom is -0.290 e. The number of allylic oxidation sites excluding steroid dienone is 6. The molecule has 1 unspecified atom stereocenters. The van der Waals surface area contributed by atoms with Gasteiger partial charge in [-0.3, -0.25) is 9.59 Å². The van der Waals surface area contributed by atoms with E-state index in [1.807, 2.05) is 0 Å². The first-order chi connectivity index (χ1) is 7.61. The fourth-order valence-electron chi connectivity index (χ4n) is 2.46. The van der Waals surface area contributed by atoms with Crippen LogP contribution in [0.25, 0.3) is 0 Å². The maximum atomic E-state index is 11.9. The Morgan fingerprint density at radius 2 is 2.00 bits per heavy atom. The first-order valence-electron chi connectivity index (χ1n) is 5.76. The van der Waals surface area contributed by atoms with Gasteiger partial charge in [0.1, 0.15) is 0 Å². The van der Waals surface area contributed by atoms with Gasteiger partial charge in [0.05, 0.1) is 0 Å². The number of ketones is 2. The zero-order chi connectivity index (χ0) is 11.7. The number of hydrogen-bond acceptors (Lipinski definition) is 2. The van der Waals surface area contributed by atoms with E-state index in [4.69, 9.17) is 0 Å². The molecule has 0 saturated carbocycles. The highest BCUT2D eigenvalue weighted by atomic mass is 16.1. The minimum atomic E-state index is 0.0196. The van der Waals surface area contributed by atoms with E-state index in [1.165, 1.54) is 6.08 Å². The van der Waals surface area contributed by atoms with Gasteiger partial charge < -0.3 is 0 Å². The summed E-state index contributed by atoms with van der Waals surface area (Å²) in [5, 5.41) is 0. The number of hydrogen-bond donors (Lipinski definition) is 0. The predicted octanol–water partition coefficient (Wildman–Crippen LogP) is 2.76. The van der Waals surface area contributed by atoms with Crippen LogP contribution in [-0.4, -0.2) is 11.6 Å². The Morgan fingerprint density at radius 3 is 2.62 bits per heavy atom. The molecule has 2 heteroatoms. The monoisotopic (exact) mass is 216 g/mol. The summed E-state index contributed by atoms with van der Waals surface area (Å²) < 4.78 is 0. The van der Waals surface area contributed by atoms with Gasteiger partial charge in [0.15, 0.2) is 11.6 Å². The topological polar surface area (TPSA) is 34.1 Å². The van der Waals surface area contributed by atoms with Gasteiger partial charge in [0.25, 0.3) is 0 Å². The molecule has 0 fully saturated rings. The van der Waals surface area contributed by atoms with Crippen LogP contribution in [0.1, 0.15) is 33.1 Å². The Bertz CT molecular complexity index is 436. The van der Waals surface area contributed by atoms with Crippen LogP contribution in [0.15, 0.2) is 34.9 Å². The number of carbonyl (C=O) groups is 2. The summed E-state index contributed by atoms with van der Waals surface area (Å²) in [6, 6.07) is 0. The highest BCUT2D eigenvalue weighted by Crippen LogP contribution is 2.31. The fourth-order valence-corrected chi connectivity index (χ4v) is 2.46. The summed E-state index contributed by atoms with van der Waals surface area (Å²) in [6.07, 6.45) is 8.82. The van der Waals surface area contributed by atoms with Crippen molar-refractivity contribution in [3.63, 3.8) is 0 Å². The van der Waals surface area contributed by atoms with Crippen LogP contribution in [0.3, 0.4) is 0 Å². The minimum absolute atomic E-state index is 0.0196. The van der Waals surface area contributed by atoms with E-state index in [2.05, 4.69) is 12.2 Å². The molecule has 0 bridgehead atoms. The maximum Gasteiger partial charge on any atom is 0.184 e. The van der Waals surface area contributed by atoms with Crippen molar-refractivity contribution >= 4 is 11.6 Å². The Hall–Kier alpha value is -1.44. The van der Waals surface area contributed by atoms with Crippen LogP contribution in [-0.2, 0) is 9.59 Å². The van der Waals surface area contributed by atoms with Gasteiger partial charge in [-0.1, -0.05) is 12.2 Å². The third-order valence-corrected chi connectivity index (χ3v) is 3.34. The summed E-state index contributed by atoms with van der Waals surface area (Å²) in [7, 11) is 0. The molecule has 0 aliphatic heterocycles. The molecule has 84 valence electrons. The summed E-state index contributed by atoms with van der Waals surface area (Å²) in [6.45, 7) is 3.48. The summed E-state index contributed by atoms with van der Waals surface area (Å²) in [5.74, 6) is 0.189. The molecule has 2 nitrogen and oxygen atoms in total. The second-order valence-electron chi connectivity index (χ2n) is 4.52. The van der Waals surface area contributed by atoms with Gasteiger partial charge in [-0.25, -0.2) is 0 Å². The number of carbonyl (C=O) groups excluding carboxylic acids is 2. The Balaban J connectivity index is 2.39. The first-order valence-corrected chi connectivity index (χ1v) is 5.76. The van der Waals surface area contributed by atoms with Crippen molar-refractivity contribution in [3.8, 4) is 0 Å². The fraction of sp³-hybridized carbons (Fsp3) is 0.429. The average Bonchev–Trinajstić information content (AvgIpc) is 2.28. The molecule has 0 radical (unpaired) electrons. The maximum absolute atomic E-state index is 11.9. The standard InChI is InChI=1S/C14H16O2/c1-9-8-12(15)13(10(2)14(9)16)11-6-4-3-5-7-11/h4,6,8,11H,3,5,7H2,1-2H3. The van der Waals surface area contributed by atoms with Crippen molar-refractivity contribution in [3.05, 3.63) is 34.9 Å². The molecule has 0 heterocycles. The van der Waals surface area contributed by atoms with Crippen LogP contribution in [0.4, 0.5) is 0 Å². The van der Waals surface area contributed by atoms with Crippen LogP contribution < -0.4 is 0 Å². The van der Waals surface area contributed by atoms with Gasteiger partial charge in [0, 0.05) is 22.6 Å². The molecule has 0 amide bonds. The van der Waals surface area contributed by atoms with Crippen LogP contribution in [0.5, 0.6) is 0 Å². The average molecular weight is 216 g/mol. The molecule has 16 heavy (non-hydrogen) atoms. The molecule has 2 aliphatic rings. The zero-order valence-electron chi connectivity index (χ0n) is 9.75. The van der Waals surface area contributed by atoms with E-state index in [1.54, 1.807) is 13.8 Å². The van der Waals surface area contributed by atoms with E-state index in [-0.39, 0.29) is 17.5 Å². The predicted molar refractivity (Wildman–Crippen MR) is 63.0 cm³/mol. The van der Waals surface area contributed by atoms with Crippen molar-refractivity contribution in [1.29, 1.82) is 0 Å². The molecular weight excluding hydrogens is 200 g/mol. The van der Waals surface area contributed by atoms with E-state index in [0.29, 0.717) is 16.7 Å². The van der Waals surface area contributed by atoms with Crippen LogP contribution >= 0.6 is 0 Å². The molecule has 1 atom stereocenters. The lowest BCUT2D eigenvalue weighted by molar-refractivity contribution is -0.116. The van der Waals surface area contributed by atoms with E-state index in [0.717, 1.165) is 19.3 Å². The Morgan fingerprint density at radius 1 is 1.25 bits per heavy atom. The van der Waals surface area contributed by atoms with Gasteiger partial charge >= 0.3 is 0 Å². The van der Waals surface area contributed by atoms with Crippen LogP contribution in [0, 0.1) is 5.92 Å². The molecule has 0 saturated heterocycles. The molecule has 0 aromatic carbocycles. The number of rotatable bonds is 1. The van der Waals surface area contributed by atoms with Crippen molar-refractivity contribution < 1.29 is 9.59 Å². The third-order valence-electron chi connectivity index (χ3n) is 3.34. The molecule has 2 rings (SSSR count). The summed E-state index contributed by atoms with van der Waals surface area (Å²) in [5.41, 5.74) is 1.92. The highest BCUT2D eigenvalue weighted by Gasteiger charge is 2.28. The SMILES string of the molecule is CC1=CC(=O)C(C2C=CCCC2)=C(C)C1=O. The van der Waals surface area contributed by atoms with E-state index >= 15 is 0 Å². The molecule has 2 aliphatic carbocycles. The van der Waals surface area contributed by atoms with Crippen LogP contribution in [0.2, 0.25) is 0 Å². The Kier molecular flexibility index (Phi) is 2.90. The van der Waals surface area contributed by atoms with Gasteiger partial charge in [-0.2, -0.15) is 0 Å². The lowest BCUT2D eigenvalue weighted by Crippen LogP contribution is -2.22. The lowest BCUT2D eigenvalue weighted by Gasteiger charge is -2.23. The highest BCUT2D eigenvalue weighted by molar-refractivity contribution is 6.22. The van der Waals surface area contributed by atoms with Gasteiger partial charge in [-0.15, -0.1) is 0 Å². The molecule has 0 N–H and O–H groups in total. The molecule has 0 aromatic heterocycles. The molecular formula is C14H16O2. The van der Waals surface area contributed by atoms with Crippen molar-refractivity contribution in [2.45, 2.75) is 33.1 Å². The molecule has 0 spiro atoms. The zero-order valence-corrected chi connectivity index (χ0v) is 9.75. The Labute approximate surface area is 95.7 Å². The van der Waals surface area contributed by atoms with Gasteiger partial charge in [-0.05, 0) is 39.2 Å². The second-order valence-corrected chi connectivity index (χ2v) is 4.52. The van der Waals surface area contributed by atoms with Gasteiger partial charge in [0.2, 0.25) is 0 Å². The smallest absolute Gasteiger partial charge is 0.184 e.